The van der Waals surface area contributed by atoms with E-state index in [1.807, 2.05) is 0 Å². The van der Waals surface area contributed by atoms with E-state index in [2.05, 4.69) is 5.32 Å². The van der Waals surface area contributed by atoms with Gasteiger partial charge in [0.05, 0.1) is 0 Å². The largest absolute Gasteiger partial charge is 0.479 e. The van der Waals surface area contributed by atoms with Crippen LogP contribution in [0.4, 0.5) is 4.39 Å². The van der Waals surface area contributed by atoms with Crippen molar-refractivity contribution in [2.45, 2.75) is 38.1 Å². The molecule has 2 unspecified atom stereocenters. The number of nitrogens with one attached hydrogen (secondary N) is 1. The lowest BCUT2D eigenvalue weighted by molar-refractivity contribution is -0.149. The van der Waals surface area contributed by atoms with Crippen molar-refractivity contribution >= 4 is 12.4 Å². The van der Waals surface area contributed by atoms with Crippen LogP contribution in [0.25, 0.3) is 0 Å². The van der Waals surface area contributed by atoms with Gasteiger partial charge in [-0.05, 0) is 54.9 Å². The molecule has 5 heteroatoms. The van der Waals surface area contributed by atoms with Gasteiger partial charge in [-0.15, -0.1) is 0 Å². The molecule has 1 aliphatic rings. The van der Waals surface area contributed by atoms with Crippen molar-refractivity contribution < 1.29 is 19.1 Å². The average molecular weight is 279 g/mol. The van der Waals surface area contributed by atoms with Crippen LogP contribution < -0.4 is 5.32 Å². The Labute approximate surface area is 117 Å². The van der Waals surface area contributed by atoms with E-state index in [1.54, 1.807) is 13.0 Å². The molecule has 0 spiro atoms. The van der Waals surface area contributed by atoms with E-state index in [9.17, 15) is 19.1 Å². The molecule has 0 aliphatic heterocycles. The van der Waals surface area contributed by atoms with E-state index >= 15 is 0 Å². The molecular weight excluding hydrogens is 261 g/mol. The maximum absolute atomic E-state index is 13.3. The molecule has 1 aromatic carbocycles. The second kappa shape index (κ2) is 5.61. The van der Waals surface area contributed by atoms with Crippen molar-refractivity contribution in [3.8, 4) is 0 Å². The zero-order valence-electron chi connectivity index (χ0n) is 11.4. The number of carbonyl (C=O) groups is 2. The molecule has 0 aromatic heterocycles. The summed E-state index contributed by atoms with van der Waals surface area (Å²) in [6.07, 6.45) is 2.58. The lowest BCUT2D eigenvalue weighted by atomic mass is 9.71. The van der Waals surface area contributed by atoms with Gasteiger partial charge in [-0.2, -0.15) is 0 Å². The second-order valence-corrected chi connectivity index (χ2v) is 5.25. The second-order valence-electron chi connectivity index (χ2n) is 5.25. The van der Waals surface area contributed by atoms with Crippen LogP contribution in [0, 0.1) is 11.7 Å². The quantitative estimate of drug-likeness (QED) is 0.809. The third-order valence-corrected chi connectivity index (χ3v) is 4.35. The summed E-state index contributed by atoms with van der Waals surface area (Å²) in [7, 11) is 0. The summed E-state index contributed by atoms with van der Waals surface area (Å²) < 4.78 is 13.3. The normalized spacial score (nSPS) is 20.6. The van der Waals surface area contributed by atoms with Crippen LogP contribution in [0.5, 0.6) is 0 Å². The van der Waals surface area contributed by atoms with Crippen LogP contribution in [0.1, 0.15) is 30.9 Å². The highest BCUT2D eigenvalue weighted by atomic mass is 19.1. The highest BCUT2D eigenvalue weighted by Crippen LogP contribution is 2.35. The molecule has 1 amide bonds. The Hall–Kier alpha value is -1.91. The molecule has 1 aliphatic carbocycles. The predicted molar refractivity (Wildman–Crippen MR) is 71.8 cm³/mol. The fraction of sp³-hybridized carbons (Fsp3) is 0.467. The zero-order chi connectivity index (χ0) is 14.8. The third kappa shape index (κ3) is 2.40. The van der Waals surface area contributed by atoms with Gasteiger partial charge in [0.2, 0.25) is 6.41 Å². The van der Waals surface area contributed by atoms with E-state index in [1.165, 1.54) is 12.1 Å². The fourth-order valence-electron chi connectivity index (χ4n) is 3.15. The lowest BCUT2D eigenvalue weighted by Gasteiger charge is -2.38. The topological polar surface area (TPSA) is 66.4 Å². The van der Waals surface area contributed by atoms with Crippen molar-refractivity contribution in [3.05, 3.63) is 35.1 Å². The van der Waals surface area contributed by atoms with Crippen LogP contribution in [0.3, 0.4) is 0 Å². The number of rotatable bonds is 5. The minimum absolute atomic E-state index is 0.232. The first kappa shape index (κ1) is 14.5. The van der Waals surface area contributed by atoms with Crippen LogP contribution in [0.2, 0.25) is 0 Å². The molecule has 0 saturated carbocycles. The number of benzene rings is 1. The predicted octanol–water partition coefficient (Wildman–Crippen LogP) is 1.91. The molecule has 2 rings (SSSR count). The molecule has 1 aromatic rings. The lowest BCUT2D eigenvalue weighted by Crippen LogP contribution is -2.58. The van der Waals surface area contributed by atoms with Crippen LogP contribution in [-0.2, 0) is 22.4 Å². The van der Waals surface area contributed by atoms with Gasteiger partial charge in [-0.25, -0.2) is 9.18 Å². The van der Waals surface area contributed by atoms with E-state index in [-0.39, 0.29) is 11.7 Å². The van der Waals surface area contributed by atoms with Crippen LogP contribution in [0.15, 0.2) is 18.2 Å². The minimum atomic E-state index is -1.27. The Balaban J connectivity index is 2.33. The van der Waals surface area contributed by atoms with Gasteiger partial charge in [-0.1, -0.05) is 13.0 Å². The van der Waals surface area contributed by atoms with Gasteiger partial charge in [0.25, 0.3) is 0 Å². The summed E-state index contributed by atoms with van der Waals surface area (Å²) in [6, 6.07) is 4.64. The summed E-state index contributed by atoms with van der Waals surface area (Å²) >= 11 is 0. The SMILES string of the molecule is CCC(NC=O)(C(=O)O)C1CCc2ccc(F)cc2C1. The Bertz CT molecular complexity index is 532. The first-order valence-electron chi connectivity index (χ1n) is 6.75. The van der Waals surface area contributed by atoms with Gasteiger partial charge in [0, 0.05) is 0 Å². The summed E-state index contributed by atoms with van der Waals surface area (Å²) in [4.78, 5) is 22.4. The fourth-order valence-corrected chi connectivity index (χ4v) is 3.15. The number of hydrogen-bond donors (Lipinski definition) is 2. The molecule has 0 radical (unpaired) electrons. The number of aryl methyl sites for hydroxylation is 1. The zero-order valence-corrected chi connectivity index (χ0v) is 11.4. The molecule has 0 heterocycles. The number of aliphatic carboxylic acids is 1. The number of carboxylic acids is 1. The van der Waals surface area contributed by atoms with Crippen molar-refractivity contribution in [1.29, 1.82) is 0 Å². The van der Waals surface area contributed by atoms with Gasteiger partial charge < -0.3 is 10.4 Å². The molecule has 0 saturated heterocycles. The maximum Gasteiger partial charge on any atom is 0.329 e. The summed E-state index contributed by atoms with van der Waals surface area (Å²) in [6.45, 7) is 1.74. The van der Waals surface area contributed by atoms with Crippen molar-refractivity contribution in [3.63, 3.8) is 0 Å². The molecular formula is C15H18FNO3. The molecule has 108 valence electrons. The highest BCUT2D eigenvalue weighted by Gasteiger charge is 2.45. The summed E-state index contributed by atoms with van der Waals surface area (Å²) in [5.74, 6) is -1.58. The first-order chi connectivity index (χ1) is 9.53. The number of halogens is 1. The van der Waals surface area contributed by atoms with E-state index in [0.29, 0.717) is 32.1 Å². The summed E-state index contributed by atoms with van der Waals surface area (Å²) in [5.41, 5.74) is 0.628. The van der Waals surface area contributed by atoms with Crippen molar-refractivity contribution in [1.82, 2.24) is 5.32 Å². The smallest absolute Gasteiger partial charge is 0.329 e. The number of carbonyl (C=O) groups excluding carboxylic acids is 1. The Morgan fingerprint density at radius 1 is 1.55 bits per heavy atom. The average Bonchev–Trinajstić information content (AvgIpc) is 2.43. The first-order valence-corrected chi connectivity index (χ1v) is 6.75. The van der Waals surface area contributed by atoms with E-state index in [0.717, 1.165) is 11.1 Å². The van der Waals surface area contributed by atoms with Crippen molar-refractivity contribution in [2.24, 2.45) is 5.92 Å². The number of amides is 1. The third-order valence-electron chi connectivity index (χ3n) is 4.35. The number of hydrogen-bond acceptors (Lipinski definition) is 2. The number of fused-ring (bicyclic) bond motifs is 1. The van der Waals surface area contributed by atoms with Gasteiger partial charge in [-0.3, -0.25) is 4.79 Å². The molecule has 2 N–H and O–H groups in total. The monoisotopic (exact) mass is 279 g/mol. The van der Waals surface area contributed by atoms with Crippen LogP contribution in [-0.4, -0.2) is 23.0 Å². The van der Waals surface area contributed by atoms with E-state index < -0.39 is 11.5 Å². The highest BCUT2D eigenvalue weighted by molar-refractivity contribution is 5.82. The summed E-state index contributed by atoms with van der Waals surface area (Å²) in [5, 5.41) is 12.0. The molecule has 0 bridgehead atoms. The Kier molecular flexibility index (Phi) is 4.06. The van der Waals surface area contributed by atoms with Gasteiger partial charge >= 0.3 is 5.97 Å². The minimum Gasteiger partial charge on any atom is -0.479 e. The Morgan fingerprint density at radius 2 is 2.30 bits per heavy atom. The maximum atomic E-state index is 13.3. The number of carboxylic acid groups (broad SMARTS) is 1. The molecule has 4 nitrogen and oxygen atoms in total. The van der Waals surface area contributed by atoms with Crippen molar-refractivity contribution in [2.75, 3.05) is 0 Å². The molecule has 2 atom stereocenters. The Morgan fingerprint density at radius 3 is 2.90 bits per heavy atom. The molecule has 20 heavy (non-hydrogen) atoms. The van der Waals surface area contributed by atoms with Crippen LogP contribution >= 0.6 is 0 Å². The standard InChI is InChI=1S/C15H18FNO3/c1-2-15(14(19)20,17-9-18)12-5-3-10-4-6-13(16)8-11(10)7-12/h4,6,8-9,12H,2-3,5,7H2,1H3,(H,17,18)(H,19,20). The van der Waals surface area contributed by atoms with E-state index in [4.69, 9.17) is 0 Å². The molecule has 0 fully saturated rings. The van der Waals surface area contributed by atoms with Gasteiger partial charge in [0.1, 0.15) is 11.4 Å². The van der Waals surface area contributed by atoms with Gasteiger partial charge in [0.15, 0.2) is 0 Å².